The normalized spacial score (nSPS) is 10.4. The summed E-state index contributed by atoms with van der Waals surface area (Å²) in [5, 5.41) is 3.62. The van der Waals surface area contributed by atoms with Crippen molar-refractivity contribution in [1.82, 2.24) is 5.32 Å². The van der Waals surface area contributed by atoms with Crippen LogP contribution >= 0.6 is 23.4 Å². The molecule has 1 amide bonds. The Hall–Kier alpha value is -1.45. The number of carbonyl (C=O) groups excluding carboxylic acids is 1. The minimum Gasteiger partial charge on any atom is -0.351 e. The van der Waals surface area contributed by atoms with Gasteiger partial charge in [0.15, 0.2) is 0 Å². The highest BCUT2D eigenvalue weighted by atomic mass is 35.5. The van der Waals surface area contributed by atoms with E-state index in [1.54, 1.807) is 11.8 Å². The third kappa shape index (κ3) is 5.10. The van der Waals surface area contributed by atoms with E-state index >= 15 is 0 Å². The van der Waals surface area contributed by atoms with Crippen LogP contribution in [0.15, 0.2) is 47.4 Å². The second-order valence-electron chi connectivity index (χ2n) is 4.96. The van der Waals surface area contributed by atoms with E-state index in [1.165, 1.54) is 11.1 Å². The first kappa shape index (κ1) is 15.9. The number of rotatable bonds is 5. The highest BCUT2D eigenvalue weighted by Gasteiger charge is 2.05. The smallest absolute Gasteiger partial charge is 0.230 e. The highest BCUT2D eigenvalue weighted by molar-refractivity contribution is 8.00. The van der Waals surface area contributed by atoms with Gasteiger partial charge in [-0.1, -0.05) is 41.4 Å². The minimum atomic E-state index is 0.0370. The lowest BCUT2D eigenvalue weighted by atomic mass is 10.2. The van der Waals surface area contributed by atoms with Gasteiger partial charge in [-0.2, -0.15) is 0 Å². The van der Waals surface area contributed by atoms with Gasteiger partial charge in [-0.3, -0.25) is 4.79 Å². The van der Waals surface area contributed by atoms with Crippen LogP contribution < -0.4 is 5.32 Å². The topological polar surface area (TPSA) is 29.1 Å². The Morgan fingerprint density at radius 2 is 1.86 bits per heavy atom. The van der Waals surface area contributed by atoms with Crippen molar-refractivity contribution in [2.75, 3.05) is 5.75 Å². The Morgan fingerprint density at radius 1 is 1.14 bits per heavy atom. The molecule has 0 aliphatic heterocycles. The molecule has 0 radical (unpaired) electrons. The van der Waals surface area contributed by atoms with Gasteiger partial charge in [0.2, 0.25) is 5.91 Å². The first-order valence-electron chi connectivity index (χ1n) is 6.76. The lowest BCUT2D eigenvalue weighted by molar-refractivity contribution is -0.118. The van der Waals surface area contributed by atoms with Crippen LogP contribution in [0.5, 0.6) is 0 Å². The van der Waals surface area contributed by atoms with Crippen molar-refractivity contribution in [3.05, 3.63) is 64.2 Å². The summed E-state index contributed by atoms with van der Waals surface area (Å²) in [6.45, 7) is 4.67. The molecule has 0 heterocycles. The van der Waals surface area contributed by atoms with Crippen LogP contribution in [-0.2, 0) is 11.3 Å². The van der Waals surface area contributed by atoms with E-state index in [0.29, 0.717) is 17.3 Å². The third-order valence-electron chi connectivity index (χ3n) is 3.09. The Bertz CT molecular complexity index is 625. The average Bonchev–Trinajstić information content (AvgIpc) is 2.46. The SMILES string of the molecule is Cc1ccc(SCC(=O)NCc2ccc(Cl)cc2)c(C)c1. The van der Waals surface area contributed by atoms with E-state index < -0.39 is 0 Å². The largest absolute Gasteiger partial charge is 0.351 e. The van der Waals surface area contributed by atoms with Crippen LogP contribution in [0.25, 0.3) is 0 Å². The summed E-state index contributed by atoms with van der Waals surface area (Å²) < 4.78 is 0. The molecule has 1 N–H and O–H groups in total. The zero-order chi connectivity index (χ0) is 15.2. The monoisotopic (exact) mass is 319 g/mol. The van der Waals surface area contributed by atoms with Crippen LogP contribution in [0, 0.1) is 13.8 Å². The summed E-state index contributed by atoms with van der Waals surface area (Å²) in [6.07, 6.45) is 0. The standard InChI is InChI=1S/C17H18ClNOS/c1-12-3-8-16(13(2)9-12)21-11-17(20)19-10-14-4-6-15(18)7-5-14/h3-9H,10-11H2,1-2H3,(H,19,20). The van der Waals surface area contributed by atoms with Gasteiger partial charge in [-0.05, 0) is 43.2 Å². The number of hydrogen-bond acceptors (Lipinski definition) is 2. The van der Waals surface area contributed by atoms with Crippen LogP contribution in [0.3, 0.4) is 0 Å². The zero-order valence-electron chi connectivity index (χ0n) is 12.2. The second-order valence-corrected chi connectivity index (χ2v) is 6.41. The van der Waals surface area contributed by atoms with E-state index in [4.69, 9.17) is 11.6 Å². The number of halogens is 1. The molecular formula is C17H18ClNOS. The van der Waals surface area contributed by atoms with E-state index in [0.717, 1.165) is 10.5 Å². The number of aryl methyl sites for hydroxylation is 2. The lowest BCUT2D eigenvalue weighted by Gasteiger charge is -2.08. The maximum absolute atomic E-state index is 11.9. The number of thioether (sulfide) groups is 1. The van der Waals surface area contributed by atoms with Gasteiger partial charge < -0.3 is 5.32 Å². The molecule has 0 fully saturated rings. The maximum atomic E-state index is 11.9. The molecular weight excluding hydrogens is 302 g/mol. The maximum Gasteiger partial charge on any atom is 0.230 e. The number of nitrogens with one attached hydrogen (secondary N) is 1. The summed E-state index contributed by atoms with van der Waals surface area (Å²) in [4.78, 5) is 13.0. The summed E-state index contributed by atoms with van der Waals surface area (Å²) >= 11 is 7.40. The number of benzene rings is 2. The van der Waals surface area contributed by atoms with Gasteiger partial charge in [-0.25, -0.2) is 0 Å². The molecule has 0 spiro atoms. The van der Waals surface area contributed by atoms with Crippen LogP contribution in [0.2, 0.25) is 5.02 Å². The van der Waals surface area contributed by atoms with E-state index in [2.05, 4.69) is 37.4 Å². The molecule has 2 aromatic carbocycles. The second kappa shape index (κ2) is 7.53. The number of amides is 1. The molecule has 4 heteroatoms. The quantitative estimate of drug-likeness (QED) is 0.829. The number of hydrogen-bond donors (Lipinski definition) is 1. The molecule has 110 valence electrons. The summed E-state index contributed by atoms with van der Waals surface area (Å²) in [5.74, 6) is 0.465. The predicted octanol–water partition coefficient (Wildman–Crippen LogP) is 4.37. The molecule has 2 rings (SSSR count). The molecule has 0 saturated heterocycles. The van der Waals surface area contributed by atoms with Crippen LogP contribution in [0.1, 0.15) is 16.7 Å². The minimum absolute atomic E-state index is 0.0370. The Morgan fingerprint density at radius 3 is 2.52 bits per heavy atom. The fraction of sp³-hybridized carbons (Fsp3) is 0.235. The average molecular weight is 320 g/mol. The molecule has 0 unspecified atom stereocenters. The molecule has 0 aromatic heterocycles. The molecule has 0 saturated carbocycles. The van der Waals surface area contributed by atoms with Crippen molar-refractivity contribution < 1.29 is 4.79 Å². The van der Waals surface area contributed by atoms with E-state index in [-0.39, 0.29) is 5.91 Å². The molecule has 21 heavy (non-hydrogen) atoms. The lowest BCUT2D eigenvalue weighted by Crippen LogP contribution is -2.24. The number of carbonyl (C=O) groups is 1. The zero-order valence-corrected chi connectivity index (χ0v) is 13.7. The van der Waals surface area contributed by atoms with Gasteiger partial charge in [0, 0.05) is 16.5 Å². The van der Waals surface area contributed by atoms with E-state index in [9.17, 15) is 4.79 Å². The fourth-order valence-corrected chi connectivity index (χ4v) is 2.92. The molecule has 2 aromatic rings. The van der Waals surface area contributed by atoms with Crippen molar-refractivity contribution >= 4 is 29.3 Å². The summed E-state index contributed by atoms with van der Waals surface area (Å²) in [6, 6.07) is 13.8. The molecule has 0 atom stereocenters. The first-order valence-corrected chi connectivity index (χ1v) is 8.12. The molecule has 2 nitrogen and oxygen atoms in total. The van der Waals surface area contributed by atoms with Crippen molar-refractivity contribution in [3.8, 4) is 0 Å². The first-order chi connectivity index (χ1) is 10.0. The Balaban J connectivity index is 1.80. The van der Waals surface area contributed by atoms with E-state index in [1.807, 2.05) is 24.3 Å². The van der Waals surface area contributed by atoms with Crippen LogP contribution in [-0.4, -0.2) is 11.7 Å². The van der Waals surface area contributed by atoms with Gasteiger partial charge >= 0.3 is 0 Å². The van der Waals surface area contributed by atoms with Crippen molar-refractivity contribution in [3.63, 3.8) is 0 Å². The van der Waals surface area contributed by atoms with Gasteiger partial charge in [-0.15, -0.1) is 11.8 Å². The van der Waals surface area contributed by atoms with Crippen molar-refractivity contribution in [2.24, 2.45) is 0 Å². The van der Waals surface area contributed by atoms with Gasteiger partial charge in [0.05, 0.1) is 5.75 Å². The third-order valence-corrected chi connectivity index (χ3v) is 4.52. The summed E-state index contributed by atoms with van der Waals surface area (Å²) in [7, 11) is 0. The Kier molecular flexibility index (Phi) is 5.71. The van der Waals surface area contributed by atoms with Crippen molar-refractivity contribution in [1.29, 1.82) is 0 Å². The molecule has 0 bridgehead atoms. The molecule has 0 aliphatic carbocycles. The predicted molar refractivity (Wildman–Crippen MR) is 89.9 cm³/mol. The van der Waals surface area contributed by atoms with Crippen LogP contribution in [0.4, 0.5) is 0 Å². The van der Waals surface area contributed by atoms with Crippen molar-refractivity contribution in [2.45, 2.75) is 25.3 Å². The molecule has 0 aliphatic rings. The van der Waals surface area contributed by atoms with Gasteiger partial charge in [0.25, 0.3) is 0 Å². The fourth-order valence-electron chi connectivity index (χ4n) is 1.96. The summed E-state index contributed by atoms with van der Waals surface area (Å²) in [5.41, 5.74) is 3.50. The highest BCUT2D eigenvalue weighted by Crippen LogP contribution is 2.22. The van der Waals surface area contributed by atoms with Gasteiger partial charge in [0.1, 0.15) is 0 Å². The Labute approximate surface area is 134 Å².